The summed E-state index contributed by atoms with van der Waals surface area (Å²) < 4.78 is 0. The van der Waals surface area contributed by atoms with E-state index in [0.717, 1.165) is 6.54 Å². The van der Waals surface area contributed by atoms with Crippen LogP contribution in [0.25, 0.3) is 0 Å². The Hall–Kier alpha value is -0.940. The van der Waals surface area contributed by atoms with E-state index in [9.17, 15) is 9.59 Å². The van der Waals surface area contributed by atoms with E-state index >= 15 is 0 Å². The maximum absolute atomic E-state index is 11.8. The Bertz CT molecular complexity index is 282. The lowest BCUT2D eigenvalue weighted by Crippen LogP contribution is -2.41. The van der Waals surface area contributed by atoms with Crippen molar-refractivity contribution in [2.75, 3.05) is 47.3 Å². The van der Waals surface area contributed by atoms with Crippen molar-refractivity contribution in [3.8, 4) is 0 Å². The van der Waals surface area contributed by atoms with Crippen LogP contribution < -0.4 is 5.32 Å². The van der Waals surface area contributed by atoms with Crippen molar-refractivity contribution >= 4 is 11.7 Å². The molecular formula is C13H27N3O2. The van der Waals surface area contributed by atoms with Crippen molar-refractivity contribution in [2.45, 2.75) is 20.8 Å². The number of likely N-dealkylation sites (N-methyl/N-ethyl adjacent to an activating group) is 2. The van der Waals surface area contributed by atoms with Gasteiger partial charge in [0.2, 0.25) is 5.91 Å². The molecule has 0 radical (unpaired) electrons. The van der Waals surface area contributed by atoms with Gasteiger partial charge < -0.3 is 10.2 Å². The first-order valence-electron chi connectivity index (χ1n) is 6.26. The quantitative estimate of drug-likeness (QED) is 0.708. The fraction of sp³-hybridized carbons (Fsp3) is 0.846. The lowest BCUT2D eigenvalue weighted by molar-refractivity contribution is -0.128. The van der Waals surface area contributed by atoms with Crippen LogP contribution in [0, 0.1) is 5.41 Å². The van der Waals surface area contributed by atoms with Crippen LogP contribution >= 0.6 is 0 Å². The molecule has 18 heavy (non-hydrogen) atoms. The predicted octanol–water partition coefficient (Wildman–Crippen LogP) is 0.211. The lowest BCUT2D eigenvalue weighted by Gasteiger charge is -2.22. The summed E-state index contributed by atoms with van der Waals surface area (Å²) in [6.45, 7) is 7.68. The number of rotatable bonds is 7. The Balaban J connectivity index is 3.91. The zero-order valence-electron chi connectivity index (χ0n) is 12.5. The van der Waals surface area contributed by atoms with Crippen molar-refractivity contribution in [3.05, 3.63) is 0 Å². The average molecular weight is 257 g/mol. The Morgan fingerprint density at radius 3 is 2.06 bits per heavy atom. The van der Waals surface area contributed by atoms with Crippen molar-refractivity contribution < 1.29 is 9.59 Å². The lowest BCUT2D eigenvalue weighted by atomic mass is 9.90. The molecular weight excluding hydrogens is 230 g/mol. The van der Waals surface area contributed by atoms with E-state index in [2.05, 4.69) is 5.32 Å². The molecule has 0 aromatic rings. The minimum atomic E-state index is -0.352. The Morgan fingerprint density at radius 2 is 1.61 bits per heavy atom. The SMILES string of the molecule is CN(C)CCNC(=O)CN(C)CC(=O)C(C)(C)C. The van der Waals surface area contributed by atoms with E-state index in [1.54, 1.807) is 11.9 Å². The molecule has 0 aromatic heterocycles. The van der Waals surface area contributed by atoms with Gasteiger partial charge in [-0.1, -0.05) is 20.8 Å². The van der Waals surface area contributed by atoms with Crippen molar-refractivity contribution in [1.82, 2.24) is 15.1 Å². The minimum Gasteiger partial charge on any atom is -0.354 e. The molecule has 0 unspecified atom stereocenters. The number of ketones is 1. The van der Waals surface area contributed by atoms with Gasteiger partial charge >= 0.3 is 0 Å². The summed E-state index contributed by atoms with van der Waals surface area (Å²) in [7, 11) is 5.70. The zero-order chi connectivity index (χ0) is 14.3. The van der Waals surface area contributed by atoms with Gasteiger partial charge in [-0.15, -0.1) is 0 Å². The third kappa shape index (κ3) is 8.20. The molecule has 0 spiro atoms. The summed E-state index contributed by atoms with van der Waals surface area (Å²) in [6.07, 6.45) is 0. The number of carbonyl (C=O) groups excluding carboxylic acids is 2. The van der Waals surface area contributed by atoms with Gasteiger partial charge in [-0.3, -0.25) is 14.5 Å². The Labute approximate surface area is 111 Å². The topological polar surface area (TPSA) is 52.7 Å². The fourth-order valence-corrected chi connectivity index (χ4v) is 1.26. The molecule has 0 rings (SSSR count). The molecule has 1 N–H and O–H groups in total. The highest BCUT2D eigenvalue weighted by Crippen LogP contribution is 2.14. The monoisotopic (exact) mass is 257 g/mol. The molecule has 0 heterocycles. The molecule has 5 nitrogen and oxygen atoms in total. The van der Waals surface area contributed by atoms with Gasteiger partial charge in [0.1, 0.15) is 0 Å². The van der Waals surface area contributed by atoms with Gasteiger partial charge in [0.15, 0.2) is 5.78 Å². The first kappa shape index (κ1) is 17.1. The van der Waals surface area contributed by atoms with E-state index in [1.807, 2.05) is 39.8 Å². The second-order valence-corrected chi connectivity index (χ2v) is 6.00. The summed E-state index contributed by atoms with van der Waals surface area (Å²) in [4.78, 5) is 27.1. The molecule has 0 fully saturated rings. The first-order chi connectivity index (χ1) is 8.12. The summed E-state index contributed by atoms with van der Waals surface area (Å²) in [5.41, 5.74) is -0.352. The standard InChI is InChI=1S/C13H27N3O2/c1-13(2,3)11(17)9-16(6)10-12(18)14-7-8-15(4)5/h7-10H2,1-6H3,(H,14,18). The van der Waals surface area contributed by atoms with Crippen LogP contribution in [0.5, 0.6) is 0 Å². The maximum Gasteiger partial charge on any atom is 0.234 e. The van der Waals surface area contributed by atoms with Crippen LogP contribution in [-0.2, 0) is 9.59 Å². The highest BCUT2D eigenvalue weighted by atomic mass is 16.2. The highest BCUT2D eigenvalue weighted by Gasteiger charge is 2.22. The van der Waals surface area contributed by atoms with Crippen LogP contribution in [0.3, 0.4) is 0 Å². The highest BCUT2D eigenvalue weighted by molar-refractivity contribution is 5.86. The third-order valence-corrected chi connectivity index (χ3v) is 2.54. The molecule has 0 saturated heterocycles. The molecule has 0 saturated carbocycles. The molecule has 106 valence electrons. The van der Waals surface area contributed by atoms with E-state index in [1.165, 1.54) is 0 Å². The fourth-order valence-electron chi connectivity index (χ4n) is 1.26. The van der Waals surface area contributed by atoms with Crippen molar-refractivity contribution in [3.63, 3.8) is 0 Å². The number of Topliss-reactive ketones (excluding diaryl/α,β-unsaturated/α-hetero) is 1. The summed E-state index contributed by atoms with van der Waals surface area (Å²) in [6, 6.07) is 0. The Morgan fingerprint density at radius 1 is 1.06 bits per heavy atom. The number of hydrogen-bond acceptors (Lipinski definition) is 4. The average Bonchev–Trinajstić information content (AvgIpc) is 2.14. The van der Waals surface area contributed by atoms with Crippen LogP contribution in [0.15, 0.2) is 0 Å². The van der Waals surface area contributed by atoms with Crippen molar-refractivity contribution in [1.29, 1.82) is 0 Å². The summed E-state index contributed by atoms with van der Waals surface area (Å²) in [5.74, 6) is 0.104. The first-order valence-corrected chi connectivity index (χ1v) is 6.26. The van der Waals surface area contributed by atoms with Crippen LogP contribution in [-0.4, -0.2) is 68.8 Å². The molecule has 5 heteroatoms. The van der Waals surface area contributed by atoms with Gasteiger partial charge in [0, 0.05) is 18.5 Å². The molecule has 1 amide bonds. The van der Waals surface area contributed by atoms with E-state index < -0.39 is 0 Å². The van der Waals surface area contributed by atoms with Crippen molar-refractivity contribution in [2.24, 2.45) is 5.41 Å². The Kier molecular flexibility index (Phi) is 7.09. The van der Waals surface area contributed by atoms with E-state index in [-0.39, 0.29) is 23.7 Å². The molecule has 0 atom stereocenters. The predicted molar refractivity (Wildman–Crippen MR) is 73.5 cm³/mol. The van der Waals surface area contributed by atoms with Gasteiger partial charge in [-0.25, -0.2) is 0 Å². The number of nitrogens with one attached hydrogen (secondary N) is 1. The van der Waals surface area contributed by atoms with Gasteiger partial charge in [0.05, 0.1) is 13.1 Å². The van der Waals surface area contributed by atoms with Crippen LogP contribution in [0.4, 0.5) is 0 Å². The summed E-state index contributed by atoms with van der Waals surface area (Å²) >= 11 is 0. The number of nitrogens with zero attached hydrogens (tertiary/aromatic N) is 2. The van der Waals surface area contributed by atoms with Gasteiger partial charge in [-0.05, 0) is 21.1 Å². The minimum absolute atomic E-state index is 0.0407. The maximum atomic E-state index is 11.8. The van der Waals surface area contributed by atoms with Gasteiger partial charge in [0.25, 0.3) is 0 Å². The van der Waals surface area contributed by atoms with Crippen LogP contribution in [0.1, 0.15) is 20.8 Å². The second-order valence-electron chi connectivity index (χ2n) is 6.00. The van der Waals surface area contributed by atoms with Crippen LogP contribution in [0.2, 0.25) is 0 Å². The molecule has 0 aromatic carbocycles. The number of amides is 1. The zero-order valence-corrected chi connectivity index (χ0v) is 12.5. The molecule has 0 bridgehead atoms. The summed E-state index contributed by atoms with van der Waals surface area (Å²) in [5, 5.41) is 2.82. The van der Waals surface area contributed by atoms with Gasteiger partial charge in [-0.2, -0.15) is 0 Å². The second kappa shape index (κ2) is 7.48. The number of hydrogen-bond donors (Lipinski definition) is 1. The number of carbonyl (C=O) groups is 2. The van der Waals surface area contributed by atoms with E-state index in [4.69, 9.17) is 0 Å². The normalized spacial score (nSPS) is 12.0. The molecule has 0 aliphatic rings. The third-order valence-electron chi connectivity index (χ3n) is 2.54. The smallest absolute Gasteiger partial charge is 0.234 e. The molecule has 0 aliphatic carbocycles. The van der Waals surface area contributed by atoms with E-state index in [0.29, 0.717) is 13.1 Å². The largest absolute Gasteiger partial charge is 0.354 e. The molecule has 0 aliphatic heterocycles.